The van der Waals surface area contributed by atoms with E-state index in [0.717, 1.165) is 39.4 Å². The van der Waals surface area contributed by atoms with Crippen LogP contribution in [0.5, 0.6) is 11.5 Å². The molecule has 3 heterocycles. The molecule has 0 radical (unpaired) electrons. The minimum atomic E-state index is -0.256. The maximum Gasteiger partial charge on any atom is 0.137 e. The summed E-state index contributed by atoms with van der Waals surface area (Å²) in [5, 5.41) is 2.34. The van der Waals surface area contributed by atoms with E-state index >= 15 is 0 Å². The van der Waals surface area contributed by atoms with Crippen molar-refractivity contribution in [2.24, 2.45) is 0 Å². The van der Waals surface area contributed by atoms with Crippen LogP contribution in [0, 0.1) is 0 Å². The molecule has 336 valence electrons. The Hall–Kier alpha value is -7.11. The second-order valence-corrected chi connectivity index (χ2v) is 21.5. The van der Waals surface area contributed by atoms with Crippen molar-refractivity contribution < 1.29 is 4.74 Å². The van der Waals surface area contributed by atoms with E-state index < -0.39 is 0 Å². The zero-order chi connectivity index (χ0) is 46.9. The maximum absolute atomic E-state index is 6.83. The monoisotopic (exact) mass is 878 g/mol. The van der Waals surface area contributed by atoms with Gasteiger partial charge in [0.25, 0.3) is 0 Å². The van der Waals surface area contributed by atoms with Crippen LogP contribution < -0.4 is 14.5 Å². The Balaban J connectivity index is 1.11. The Morgan fingerprint density at radius 1 is 0.418 bits per heavy atom. The summed E-state index contributed by atoms with van der Waals surface area (Å²) >= 11 is 0. The number of nitrogens with zero attached hydrogens (tertiary/aromatic N) is 4. The standard InChI is InChI=1S/C62H62N4O/c1-59(2,3)52-39-56-57(40-53(52)60(4,5)6)65(47-35-44(61(7,8)42-22-13-11-14-23-42)34-45(36-47)62(9,10)43-24-15-12-16-25-43)41-64(56)46-26-21-27-48(37-46)67-49-31-32-51-50-28-17-18-29-54(50)66(55(51)38-49)58-30-19-20-33-63-58/h11-40H,41H2,1-10H3. The molecule has 0 atom stereocenters. The van der Waals surface area contributed by atoms with Crippen LogP contribution in [0.25, 0.3) is 27.6 Å². The van der Waals surface area contributed by atoms with Gasteiger partial charge in [-0.05, 0) is 111 Å². The minimum absolute atomic E-state index is 0.0779. The van der Waals surface area contributed by atoms with E-state index in [4.69, 9.17) is 9.72 Å². The van der Waals surface area contributed by atoms with Gasteiger partial charge in [0.2, 0.25) is 0 Å². The fraction of sp³-hybridized carbons (Fsp3) is 0.242. The van der Waals surface area contributed by atoms with Gasteiger partial charge in [0.05, 0.1) is 22.4 Å². The van der Waals surface area contributed by atoms with Gasteiger partial charge in [0, 0.05) is 51.3 Å². The van der Waals surface area contributed by atoms with Crippen LogP contribution in [0.3, 0.4) is 0 Å². The highest BCUT2D eigenvalue weighted by molar-refractivity contribution is 6.09. The van der Waals surface area contributed by atoms with Crippen molar-refractivity contribution in [1.29, 1.82) is 0 Å². The Kier molecular flexibility index (Phi) is 10.7. The van der Waals surface area contributed by atoms with Gasteiger partial charge < -0.3 is 14.5 Å². The highest BCUT2D eigenvalue weighted by atomic mass is 16.5. The van der Waals surface area contributed by atoms with Crippen molar-refractivity contribution >= 4 is 44.6 Å². The first-order valence-electron chi connectivity index (χ1n) is 23.7. The molecular weight excluding hydrogens is 817 g/mol. The summed E-state index contributed by atoms with van der Waals surface area (Å²) in [6, 6.07) is 63.8. The lowest BCUT2D eigenvalue weighted by Crippen LogP contribution is -2.27. The predicted molar refractivity (Wildman–Crippen MR) is 282 cm³/mol. The van der Waals surface area contributed by atoms with E-state index in [-0.39, 0.29) is 21.7 Å². The Bertz CT molecular complexity index is 3190. The molecule has 5 nitrogen and oxygen atoms in total. The summed E-state index contributed by atoms with van der Waals surface area (Å²) in [5.74, 6) is 2.42. The zero-order valence-electron chi connectivity index (χ0n) is 40.7. The van der Waals surface area contributed by atoms with E-state index in [9.17, 15) is 0 Å². The molecular formula is C62H62N4O. The number of fused-ring (bicyclic) bond motifs is 4. The summed E-state index contributed by atoms with van der Waals surface area (Å²) in [4.78, 5) is 9.77. The van der Waals surface area contributed by atoms with Gasteiger partial charge in [-0.2, -0.15) is 0 Å². The molecule has 9 aromatic rings. The number of aromatic nitrogens is 2. The molecule has 1 aliphatic heterocycles. The second kappa shape index (κ2) is 16.3. The molecule has 67 heavy (non-hydrogen) atoms. The van der Waals surface area contributed by atoms with Crippen LogP contribution >= 0.6 is 0 Å². The average molecular weight is 879 g/mol. The number of para-hydroxylation sites is 1. The number of pyridine rings is 1. The van der Waals surface area contributed by atoms with Crippen molar-refractivity contribution in [2.45, 2.75) is 90.9 Å². The van der Waals surface area contributed by atoms with Crippen LogP contribution in [-0.2, 0) is 21.7 Å². The highest BCUT2D eigenvalue weighted by Gasteiger charge is 2.36. The van der Waals surface area contributed by atoms with Crippen LogP contribution in [0.4, 0.5) is 22.7 Å². The SMILES string of the molecule is CC(C)(C)c1cc2c(cc1C(C)(C)C)N(c1cc(C(C)(C)c3ccccc3)cc(C(C)(C)c3ccccc3)c1)CN2c1cccc(Oc2ccc3c4ccccc4n(-c4ccccn4)c3c2)c1. The molecule has 10 rings (SSSR count). The first-order chi connectivity index (χ1) is 32.0. The smallest absolute Gasteiger partial charge is 0.137 e. The Labute approximate surface area is 397 Å². The molecule has 2 aromatic heterocycles. The minimum Gasteiger partial charge on any atom is -0.457 e. The fourth-order valence-electron chi connectivity index (χ4n) is 10.1. The van der Waals surface area contributed by atoms with Gasteiger partial charge in [-0.15, -0.1) is 0 Å². The predicted octanol–water partition coefficient (Wildman–Crippen LogP) is 16.5. The highest BCUT2D eigenvalue weighted by Crippen LogP contribution is 2.51. The van der Waals surface area contributed by atoms with Gasteiger partial charge in [-0.3, -0.25) is 4.57 Å². The summed E-state index contributed by atoms with van der Waals surface area (Å²) in [6.45, 7) is 24.1. The molecule has 0 bridgehead atoms. The Morgan fingerprint density at radius 3 is 1.54 bits per heavy atom. The van der Waals surface area contributed by atoms with Crippen LogP contribution in [0.2, 0.25) is 0 Å². The normalized spacial score (nSPS) is 13.4. The molecule has 7 aromatic carbocycles. The van der Waals surface area contributed by atoms with Gasteiger partial charge in [0.15, 0.2) is 0 Å². The quantitative estimate of drug-likeness (QED) is 0.145. The molecule has 0 aliphatic carbocycles. The number of benzene rings is 7. The lowest BCUT2D eigenvalue weighted by atomic mass is 9.73. The molecule has 0 fully saturated rings. The number of ether oxygens (including phenoxy) is 1. The van der Waals surface area contributed by atoms with E-state index in [1.807, 2.05) is 18.3 Å². The van der Waals surface area contributed by atoms with Crippen molar-refractivity contribution in [3.05, 3.63) is 216 Å². The lowest BCUT2D eigenvalue weighted by molar-refractivity contribution is 0.483. The zero-order valence-corrected chi connectivity index (χ0v) is 40.7. The molecule has 0 saturated carbocycles. The largest absolute Gasteiger partial charge is 0.457 e. The fourth-order valence-corrected chi connectivity index (χ4v) is 10.1. The van der Waals surface area contributed by atoms with Crippen LogP contribution in [0.15, 0.2) is 182 Å². The molecule has 0 unspecified atom stereocenters. The number of hydrogen-bond donors (Lipinski definition) is 0. The first kappa shape index (κ1) is 43.8. The van der Waals surface area contributed by atoms with Gasteiger partial charge in [-0.1, -0.05) is 166 Å². The number of hydrogen-bond acceptors (Lipinski definition) is 4. The summed E-state index contributed by atoms with van der Waals surface area (Å²) in [6.07, 6.45) is 1.85. The van der Waals surface area contributed by atoms with E-state index in [0.29, 0.717) is 6.67 Å². The van der Waals surface area contributed by atoms with Crippen molar-refractivity contribution in [2.75, 3.05) is 16.5 Å². The van der Waals surface area contributed by atoms with E-state index in [1.165, 1.54) is 55.8 Å². The average Bonchev–Trinajstić information content (AvgIpc) is 3.87. The topological polar surface area (TPSA) is 33.5 Å². The second-order valence-electron chi connectivity index (χ2n) is 21.5. The molecule has 0 N–H and O–H groups in total. The van der Waals surface area contributed by atoms with Crippen LogP contribution in [-0.4, -0.2) is 16.2 Å². The third-order valence-corrected chi connectivity index (χ3v) is 14.1. The number of rotatable bonds is 9. The molecule has 5 heteroatoms. The first-order valence-corrected chi connectivity index (χ1v) is 23.7. The van der Waals surface area contributed by atoms with Crippen LogP contribution in [0.1, 0.15) is 103 Å². The third kappa shape index (κ3) is 7.94. The molecule has 0 saturated heterocycles. The molecule has 0 spiro atoms. The van der Waals surface area contributed by atoms with E-state index in [2.05, 4.69) is 247 Å². The molecule has 1 aliphatic rings. The summed E-state index contributed by atoms with van der Waals surface area (Å²) in [5.41, 5.74) is 14.0. The molecule has 0 amide bonds. The van der Waals surface area contributed by atoms with Crippen molar-refractivity contribution in [3.63, 3.8) is 0 Å². The maximum atomic E-state index is 6.83. The van der Waals surface area contributed by atoms with Crippen molar-refractivity contribution in [1.82, 2.24) is 9.55 Å². The van der Waals surface area contributed by atoms with Crippen molar-refractivity contribution in [3.8, 4) is 17.3 Å². The van der Waals surface area contributed by atoms with E-state index in [1.54, 1.807) is 0 Å². The summed E-state index contributed by atoms with van der Waals surface area (Å²) in [7, 11) is 0. The lowest BCUT2D eigenvalue weighted by Gasteiger charge is -2.34. The van der Waals surface area contributed by atoms with Gasteiger partial charge in [0.1, 0.15) is 24.0 Å². The van der Waals surface area contributed by atoms with Gasteiger partial charge >= 0.3 is 0 Å². The van der Waals surface area contributed by atoms with Gasteiger partial charge in [-0.25, -0.2) is 4.98 Å². The Morgan fingerprint density at radius 2 is 0.955 bits per heavy atom. The summed E-state index contributed by atoms with van der Waals surface area (Å²) < 4.78 is 9.06. The number of anilines is 4. The third-order valence-electron chi connectivity index (χ3n) is 14.1.